The fourth-order valence-electron chi connectivity index (χ4n) is 7.34. The highest BCUT2D eigenvalue weighted by atomic mass is 15.2. The lowest BCUT2D eigenvalue weighted by Gasteiger charge is -2.29. The van der Waals surface area contributed by atoms with Gasteiger partial charge in [0.2, 0.25) is 0 Å². The first-order valence-corrected chi connectivity index (χ1v) is 22.8. The molecule has 14 N–H and O–H groups in total. The first kappa shape index (κ1) is 53.5. The van der Waals surface area contributed by atoms with E-state index in [9.17, 15) is 0 Å². The second-order valence-electron chi connectivity index (χ2n) is 15.5. The van der Waals surface area contributed by atoms with Gasteiger partial charge in [-0.15, -0.1) is 0 Å². The van der Waals surface area contributed by atoms with Crippen LogP contribution in [0.2, 0.25) is 0 Å². The molecule has 0 aliphatic carbocycles. The standard InChI is InChI=1S/C41H97N13/c1-2-3-24-49(27-6-17-42)34-13-35-50(36-14-39-52(28-7-18-43)29-8-19-44)25-4-5-26-51(37-15-40-53(30-9-20-45)31-10-21-46)38-16-41-54(32-11-22-47)33-12-23-48/h2-48H2,1H3. The van der Waals surface area contributed by atoms with Crippen molar-refractivity contribution in [3.8, 4) is 0 Å². The lowest BCUT2D eigenvalue weighted by molar-refractivity contribution is 0.190. The van der Waals surface area contributed by atoms with Crippen LogP contribution in [0.25, 0.3) is 0 Å². The fraction of sp³-hybridized carbons (Fsp3) is 1.00. The van der Waals surface area contributed by atoms with Crippen molar-refractivity contribution in [2.45, 2.75) is 103 Å². The minimum atomic E-state index is 0.749. The molecule has 0 heterocycles. The van der Waals surface area contributed by atoms with Crippen LogP contribution in [0.5, 0.6) is 0 Å². The zero-order valence-electron chi connectivity index (χ0n) is 36.0. The summed E-state index contributed by atoms with van der Waals surface area (Å²) in [7, 11) is 0. The largest absolute Gasteiger partial charge is 0.330 e. The minimum absolute atomic E-state index is 0.749. The molecule has 13 nitrogen and oxygen atoms in total. The molecule has 0 unspecified atom stereocenters. The van der Waals surface area contributed by atoms with Gasteiger partial charge in [0.05, 0.1) is 0 Å². The van der Waals surface area contributed by atoms with Crippen LogP contribution < -0.4 is 40.1 Å². The van der Waals surface area contributed by atoms with E-state index >= 15 is 0 Å². The molecule has 0 saturated carbocycles. The molecule has 0 spiro atoms. The molecular formula is C41H97N13. The number of rotatable bonds is 45. The Kier molecular flexibility index (Phi) is 41.7. The molecule has 0 atom stereocenters. The Morgan fingerprint density at radius 3 is 0.519 bits per heavy atom. The third kappa shape index (κ3) is 33.6. The molecule has 326 valence electrons. The van der Waals surface area contributed by atoms with Gasteiger partial charge in [-0.1, -0.05) is 13.3 Å². The smallest absolute Gasteiger partial charge is 0.000653 e. The van der Waals surface area contributed by atoms with E-state index in [1.165, 1.54) is 84.1 Å². The first-order chi connectivity index (χ1) is 26.5. The summed E-state index contributed by atoms with van der Waals surface area (Å²) in [6.45, 7) is 27.9. The first-order valence-electron chi connectivity index (χ1n) is 22.8. The van der Waals surface area contributed by atoms with Crippen LogP contribution in [0.1, 0.15) is 103 Å². The monoisotopic (exact) mass is 772 g/mol. The summed E-state index contributed by atoms with van der Waals surface area (Å²) in [6, 6.07) is 0. The molecule has 0 aliphatic heterocycles. The van der Waals surface area contributed by atoms with Crippen molar-refractivity contribution < 1.29 is 0 Å². The highest BCUT2D eigenvalue weighted by molar-refractivity contribution is 4.69. The molecular weight excluding hydrogens is 675 g/mol. The summed E-state index contributed by atoms with van der Waals surface area (Å²) in [4.78, 5) is 15.9. The molecule has 0 bridgehead atoms. The Bertz CT molecular complexity index is 581. The van der Waals surface area contributed by atoms with Gasteiger partial charge in [-0.2, -0.15) is 0 Å². The normalized spacial score (nSPS) is 12.3. The van der Waals surface area contributed by atoms with E-state index in [1.54, 1.807) is 0 Å². The summed E-state index contributed by atoms with van der Waals surface area (Å²) in [5.41, 5.74) is 41.1. The Labute approximate surface area is 335 Å². The predicted octanol–water partition coefficient (Wildman–Crippen LogP) is 1.38. The maximum absolute atomic E-state index is 5.88. The number of nitrogens with two attached hydrogens (primary N) is 7. The molecule has 54 heavy (non-hydrogen) atoms. The van der Waals surface area contributed by atoms with Crippen molar-refractivity contribution in [2.24, 2.45) is 40.1 Å². The van der Waals surface area contributed by atoms with Gasteiger partial charge >= 0.3 is 0 Å². The van der Waals surface area contributed by atoms with Crippen LogP contribution >= 0.6 is 0 Å². The maximum atomic E-state index is 5.88. The molecule has 0 amide bonds. The Hall–Kier alpha value is -0.520. The third-order valence-corrected chi connectivity index (χ3v) is 10.6. The second kappa shape index (κ2) is 42.1. The van der Waals surface area contributed by atoms with Crippen molar-refractivity contribution in [3.63, 3.8) is 0 Å². The summed E-state index contributed by atoms with van der Waals surface area (Å²) < 4.78 is 0. The van der Waals surface area contributed by atoms with Gasteiger partial charge in [0.1, 0.15) is 0 Å². The zero-order chi connectivity index (χ0) is 39.7. The topological polar surface area (TPSA) is 202 Å². The van der Waals surface area contributed by atoms with Crippen molar-refractivity contribution in [3.05, 3.63) is 0 Å². The predicted molar refractivity (Wildman–Crippen MR) is 237 cm³/mol. The Balaban J connectivity index is 5.42. The van der Waals surface area contributed by atoms with E-state index in [-0.39, 0.29) is 0 Å². The number of hydrogen-bond acceptors (Lipinski definition) is 13. The van der Waals surface area contributed by atoms with Gasteiger partial charge in [-0.3, -0.25) is 0 Å². The van der Waals surface area contributed by atoms with E-state index < -0.39 is 0 Å². The van der Waals surface area contributed by atoms with Crippen LogP contribution in [-0.4, -0.2) is 193 Å². The van der Waals surface area contributed by atoms with Gasteiger partial charge < -0.3 is 69.5 Å². The summed E-state index contributed by atoms with van der Waals surface area (Å²) in [5.74, 6) is 0. The van der Waals surface area contributed by atoms with Gasteiger partial charge in [0.25, 0.3) is 0 Å². The summed E-state index contributed by atoms with van der Waals surface area (Å²) >= 11 is 0. The third-order valence-electron chi connectivity index (χ3n) is 10.6. The van der Waals surface area contributed by atoms with Gasteiger partial charge in [-0.05, 0) is 254 Å². The number of nitrogens with zero attached hydrogens (tertiary/aromatic N) is 6. The molecule has 0 aliphatic rings. The van der Waals surface area contributed by atoms with E-state index in [2.05, 4.69) is 36.3 Å². The molecule has 0 rings (SSSR count). The van der Waals surface area contributed by atoms with E-state index in [0.29, 0.717) is 0 Å². The second-order valence-corrected chi connectivity index (χ2v) is 15.5. The summed E-state index contributed by atoms with van der Waals surface area (Å²) in [5, 5.41) is 0. The average molecular weight is 772 g/mol. The lowest BCUT2D eigenvalue weighted by Crippen LogP contribution is -2.36. The molecule has 0 saturated heterocycles. The number of unbranched alkanes of at least 4 members (excludes halogenated alkanes) is 2. The van der Waals surface area contributed by atoms with Crippen molar-refractivity contribution >= 4 is 0 Å². The van der Waals surface area contributed by atoms with Crippen molar-refractivity contribution in [2.75, 3.05) is 164 Å². The highest BCUT2D eigenvalue weighted by Crippen LogP contribution is 2.08. The molecule has 0 aromatic rings. The average Bonchev–Trinajstić information content (AvgIpc) is 3.18. The molecule has 0 aromatic carbocycles. The quantitative estimate of drug-likeness (QED) is 0.0439. The lowest BCUT2D eigenvalue weighted by atomic mass is 10.2. The highest BCUT2D eigenvalue weighted by Gasteiger charge is 2.13. The Morgan fingerprint density at radius 1 is 0.204 bits per heavy atom. The van der Waals surface area contributed by atoms with Gasteiger partial charge in [0, 0.05) is 0 Å². The SMILES string of the molecule is CCCCN(CCCN)CCCN(CCCCN(CCCN(CCCN)CCCN)CCCN(CCCN)CCCN)CCCN(CCCN)CCCN. The van der Waals surface area contributed by atoms with Gasteiger partial charge in [-0.25, -0.2) is 0 Å². The van der Waals surface area contributed by atoms with Crippen LogP contribution in [-0.2, 0) is 0 Å². The van der Waals surface area contributed by atoms with Crippen LogP contribution in [0, 0.1) is 0 Å². The van der Waals surface area contributed by atoms with Crippen molar-refractivity contribution in [1.82, 2.24) is 29.4 Å². The van der Waals surface area contributed by atoms with Crippen LogP contribution in [0.4, 0.5) is 0 Å². The zero-order valence-corrected chi connectivity index (χ0v) is 36.0. The number of hydrogen-bond donors (Lipinski definition) is 7. The molecule has 13 heteroatoms. The maximum Gasteiger partial charge on any atom is -0.000653 e. The van der Waals surface area contributed by atoms with Crippen LogP contribution in [0.15, 0.2) is 0 Å². The minimum Gasteiger partial charge on any atom is -0.330 e. The Morgan fingerprint density at radius 2 is 0.352 bits per heavy atom. The van der Waals surface area contributed by atoms with Gasteiger partial charge in [0.15, 0.2) is 0 Å². The van der Waals surface area contributed by atoms with E-state index in [1.807, 2.05) is 0 Å². The molecule has 0 fully saturated rings. The molecule has 0 aromatic heterocycles. The van der Waals surface area contributed by atoms with E-state index in [4.69, 9.17) is 40.1 Å². The molecule has 0 radical (unpaired) electrons. The van der Waals surface area contributed by atoms with Crippen LogP contribution in [0.3, 0.4) is 0 Å². The fourth-order valence-corrected chi connectivity index (χ4v) is 7.34. The summed E-state index contributed by atoms with van der Waals surface area (Å²) in [6.07, 6.45) is 17.2. The van der Waals surface area contributed by atoms with Crippen molar-refractivity contribution in [1.29, 1.82) is 0 Å². The van der Waals surface area contributed by atoms with E-state index in [0.717, 1.165) is 176 Å².